The van der Waals surface area contributed by atoms with Gasteiger partial charge in [0.2, 0.25) is 15.9 Å². The average molecular weight is 297 g/mol. The predicted octanol–water partition coefficient (Wildman–Crippen LogP) is -0.253. The molecule has 0 saturated carbocycles. The summed E-state index contributed by atoms with van der Waals surface area (Å²) in [5.74, 6) is -0.174. The number of hydrogen-bond donors (Lipinski definition) is 3. The number of rotatable bonds is 5. The standard InChI is InChI=1S/C13H19N3O3S/c1-10(17)15-7-8-16-20(18,19)13-4-2-3-11-9-14-6-5-12(11)13/h2-4,14,16H,5-9H2,1H3,(H,15,17). The number of carbonyl (C=O) groups is 1. The Labute approximate surface area is 119 Å². The van der Waals surface area contributed by atoms with E-state index >= 15 is 0 Å². The molecule has 0 aromatic heterocycles. The van der Waals surface area contributed by atoms with Crippen molar-refractivity contribution in [3.05, 3.63) is 29.3 Å². The van der Waals surface area contributed by atoms with E-state index in [9.17, 15) is 13.2 Å². The number of amides is 1. The van der Waals surface area contributed by atoms with Gasteiger partial charge in [-0.2, -0.15) is 0 Å². The Morgan fingerprint density at radius 3 is 2.90 bits per heavy atom. The predicted molar refractivity (Wildman–Crippen MR) is 75.7 cm³/mol. The molecule has 1 aromatic carbocycles. The summed E-state index contributed by atoms with van der Waals surface area (Å²) in [5.41, 5.74) is 1.92. The van der Waals surface area contributed by atoms with Gasteiger partial charge < -0.3 is 10.6 Å². The van der Waals surface area contributed by atoms with Crippen molar-refractivity contribution in [2.45, 2.75) is 24.8 Å². The molecule has 0 saturated heterocycles. The molecule has 2 rings (SSSR count). The zero-order valence-electron chi connectivity index (χ0n) is 11.4. The molecule has 3 N–H and O–H groups in total. The van der Waals surface area contributed by atoms with Crippen LogP contribution in [0, 0.1) is 0 Å². The Kier molecular flexibility index (Phi) is 4.74. The largest absolute Gasteiger partial charge is 0.355 e. The average Bonchev–Trinajstić information content (AvgIpc) is 2.43. The molecule has 6 nitrogen and oxygen atoms in total. The Morgan fingerprint density at radius 1 is 1.35 bits per heavy atom. The maximum absolute atomic E-state index is 12.3. The van der Waals surface area contributed by atoms with Crippen LogP contribution in [0.3, 0.4) is 0 Å². The van der Waals surface area contributed by atoms with Gasteiger partial charge in [-0.3, -0.25) is 4.79 Å². The van der Waals surface area contributed by atoms with Crippen molar-refractivity contribution in [2.24, 2.45) is 0 Å². The van der Waals surface area contributed by atoms with Crippen LogP contribution in [0.1, 0.15) is 18.1 Å². The topological polar surface area (TPSA) is 87.3 Å². The van der Waals surface area contributed by atoms with Crippen LogP contribution in [0.15, 0.2) is 23.1 Å². The zero-order valence-corrected chi connectivity index (χ0v) is 12.2. The SMILES string of the molecule is CC(=O)NCCNS(=O)(=O)c1cccc2c1CCNC2. The van der Waals surface area contributed by atoms with E-state index in [-0.39, 0.29) is 19.0 Å². The van der Waals surface area contributed by atoms with Crippen molar-refractivity contribution in [2.75, 3.05) is 19.6 Å². The highest BCUT2D eigenvalue weighted by Crippen LogP contribution is 2.22. The summed E-state index contributed by atoms with van der Waals surface area (Å²) in [6.07, 6.45) is 0.706. The minimum Gasteiger partial charge on any atom is -0.355 e. The van der Waals surface area contributed by atoms with Crippen LogP contribution in [0.4, 0.5) is 0 Å². The van der Waals surface area contributed by atoms with Gasteiger partial charge in [-0.25, -0.2) is 13.1 Å². The van der Waals surface area contributed by atoms with Gasteiger partial charge in [0.1, 0.15) is 0 Å². The van der Waals surface area contributed by atoms with Gasteiger partial charge in [0.15, 0.2) is 0 Å². The zero-order chi connectivity index (χ0) is 14.6. The third-order valence-corrected chi connectivity index (χ3v) is 4.72. The molecule has 0 spiro atoms. The second-order valence-electron chi connectivity index (χ2n) is 4.70. The number of carbonyl (C=O) groups excluding carboxylic acids is 1. The van der Waals surface area contributed by atoms with Crippen LogP contribution in [0.2, 0.25) is 0 Å². The van der Waals surface area contributed by atoms with E-state index < -0.39 is 10.0 Å². The number of sulfonamides is 1. The van der Waals surface area contributed by atoms with Crippen LogP contribution in [-0.4, -0.2) is 34.0 Å². The van der Waals surface area contributed by atoms with Gasteiger partial charge in [0.25, 0.3) is 0 Å². The smallest absolute Gasteiger partial charge is 0.240 e. The molecule has 1 amide bonds. The van der Waals surface area contributed by atoms with Crippen molar-refractivity contribution in [1.29, 1.82) is 0 Å². The van der Waals surface area contributed by atoms with Crippen LogP contribution in [-0.2, 0) is 27.8 Å². The molecule has 1 aliphatic heterocycles. The molecule has 20 heavy (non-hydrogen) atoms. The van der Waals surface area contributed by atoms with E-state index in [1.807, 2.05) is 6.07 Å². The van der Waals surface area contributed by atoms with E-state index in [1.165, 1.54) is 6.92 Å². The molecule has 0 atom stereocenters. The minimum absolute atomic E-state index is 0.174. The summed E-state index contributed by atoms with van der Waals surface area (Å²) < 4.78 is 27.1. The molecule has 0 radical (unpaired) electrons. The summed E-state index contributed by atoms with van der Waals surface area (Å²) in [7, 11) is -3.53. The summed E-state index contributed by atoms with van der Waals surface area (Å²) in [6, 6.07) is 5.33. The van der Waals surface area contributed by atoms with Gasteiger partial charge in [-0.15, -0.1) is 0 Å². The Balaban J connectivity index is 2.11. The summed E-state index contributed by atoms with van der Waals surface area (Å²) in [4.78, 5) is 11.1. The minimum atomic E-state index is -3.53. The molecule has 7 heteroatoms. The fraction of sp³-hybridized carbons (Fsp3) is 0.462. The first kappa shape index (κ1) is 15.0. The number of fused-ring (bicyclic) bond motifs is 1. The second kappa shape index (κ2) is 6.34. The van der Waals surface area contributed by atoms with Crippen molar-refractivity contribution in [1.82, 2.24) is 15.4 Å². The Hall–Kier alpha value is -1.44. The van der Waals surface area contributed by atoms with Gasteiger partial charge in [0, 0.05) is 26.6 Å². The molecule has 0 bridgehead atoms. The molecule has 0 fully saturated rings. The van der Waals surface area contributed by atoms with Crippen molar-refractivity contribution in [3.8, 4) is 0 Å². The molecule has 110 valence electrons. The van der Waals surface area contributed by atoms with Crippen LogP contribution in [0.5, 0.6) is 0 Å². The lowest BCUT2D eigenvalue weighted by atomic mass is 10.0. The lowest BCUT2D eigenvalue weighted by Crippen LogP contribution is -2.35. The lowest BCUT2D eigenvalue weighted by Gasteiger charge is -2.20. The van der Waals surface area contributed by atoms with Crippen molar-refractivity contribution in [3.63, 3.8) is 0 Å². The van der Waals surface area contributed by atoms with E-state index in [2.05, 4.69) is 15.4 Å². The Bertz CT molecular complexity index is 599. The van der Waals surface area contributed by atoms with Crippen LogP contribution < -0.4 is 15.4 Å². The van der Waals surface area contributed by atoms with E-state index in [4.69, 9.17) is 0 Å². The normalized spacial score (nSPS) is 14.7. The highest BCUT2D eigenvalue weighted by molar-refractivity contribution is 7.89. The van der Waals surface area contributed by atoms with Crippen LogP contribution >= 0.6 is 0 Å². The first-order chi connectivity index (χ1) is 9.50. The van der Waals surface area contributed by atoms with Crippen molar-refractivity contribution < 1.29 is 13.2 Å². The molecule has 0 aliphatic carbocycles. The fourth-order valence-electron chi connectivity index (χ4n) is 2.25. The highest BCUT2D eigenvalue weighted by atomic mass is 32.2. The van der Waals surface area contributed by atoms with E-state index in [0.717, 1.165) is 17.7 Å². The summed E-state index contributed by atoms with van der Waals surface area (Å²) in [5, 5.41) is 5.78. The van der Waals surface area contributed by atoms with Crippen molar-refractivity contribution >= 4 is 15.9 Å². The van der Waals surface area contributed by atoms with E-state index in [1.54, 1.807) is 12.1 Å². The summed E-state index contributed by atoms with van der Waals surface area (Å²) in [6.45, 7) is 3.35. The van der Waals surface area contributed by atoms with Gasteiger partial charge >= 0.3 is 0 Å². The third kappa shape index (κ3) is 3.56. The third-order valence-electron chi connectivity index (χ3n) is 3.18. The molecule has 0 unspecified atom stereocenters. The first-order valence-corrected chi connectivity index (χ1v) is 8.04. The number of hydrogen-bond acceptors (Lipinski definition) is 4. The molecule has 1 heterocycles. The van der Waals surface area contributed by atoms with Crippen LogP contribution in [0.25, 0.3) is 0 Å². The molecular weight excluding hydrogens is 278 g/mol. The van der Waals surface area contributed by atoms with Gasteiger partial charge in [-0.05, 0) is 30.2 Å². The lowest BCUT2D eigenvalue weighted by molar-refractivity contribution is -0.118. The first-order valence-electron chi connectivity index (χ1n) is 6.56. The molecule has 1 aromatic rings. The summed E-state index contributed by atoms with van der Waals surface area (Å²) >= 11 is 0. The number of nitrogens with one attached hydrogen (secondary N) is 3. The maximum atomic E-state index is 12.3. The van der Waals surface area contributed by atoms with Gasteiger partial charge in [-0.1, -0.05) is 12.1 Å². The second-order valence-corrected chi connectivity index (χ2v) is 6.44. The molecule has 1 aliphatic rings. The highest BCUT2D eigenvalue weighted by Gasteiger charge is 2.21. The van der Waals surface area contributed by atoms with Gasteiger partial charge in [0.05, 0.1) is 4.90 Å². The quantitative estimate of drug-likeness (QED) is 0.654. The Morgan fingerprint density at radius 2 is 2.15 bits per heavy atom. The molecular formula is C13H19N3O3S. The maximum Gasteiger partial charge on any atom is 0.240 e. The van der Waals surface area contributed by atoms with E-state index in [0.29, 0.717) is 17.9 Å². The monoisotopic (exact) mass is 297 g/mol. The fourth-order valence-corrected chi connectivity index (χ4v) is 3.59. The number of benzene rings is 1.